The van der Waals surface area contributed by atoms with Crippen LogP contribution in [0.5, 0.6) is 5.75 Å². The predicted molar refractivity (Wildman–Crippen MR) is 131 cm³/mol. The molecular formula is C26H23N3O5S. The van der Waals surface area contributed by atoms with Crippen molar-refractivity contribution in [2.24, 2.45) is 0 Å². The summed E-state index contributed by atoms with van der Waals surface area (Å²) in [4.78, 5) is 35.5. The van der Waals surface area contributed by atoms with Crippen molar-refractivity contribution in [3.05, 3.63) is 82.3 Å². The maximum absolute atomic E-state index is 13.2. The van der Waals surface area contributed by atoms with E-state index in [1.54, 1.807) is 25.4 Å². The first-order valence-electron chi connectivity index (χ1n) is 11.2. The van der Waals surface area contributed by atoms with Gasteiger partial charge >= 0.3 is 5.97 Å². The number of benzene rings is 1. The molecule has 1 aromatic carbocycles. The number of pyridine rings is 1. The van der Waals surface area contributed by atoms with Crippen molar-refractivity contribution in [2.75, 3.05) is 12.4 Å². The van der Waals surface area contributed by atoms with Crippen molar-refractivity contribution in [1.82, 2.24) is 9.97 Å². The molecule has 0 saturated carbocycles. The third kappa shape index (κ3) is 4.95. The van der Waals surface area contributed by atoms with Crippen LogP contribution in [0.2, 0.25) is 0 Å². The van der Waals surface area contributed by atoms with E-state index in [1.807, 2.05) is 24.3 Å². The lowest BCUT2D eigenvalue weighted by Gasteiger charge is -2.12. The number of aryl methyl sites for hydroxylation is 1. The Bertz CT molecular complexity index is 1350. The summed E-state index contributed by atoms with van der Waals surface area (Å²) in [5.41, 5.74) is 3.10. The minimum atomic E-state index is -0.486. The zero-order valence-corrected chi connectivity index (χ0v) is 19.9. The number of fused-ring (bicyclic) bond motifs is 1. The van der Waals surface area contributed by atoms with Gasteiger partial charge in [-0.2, -0.15) is 0 Å². The molecule has 178 valence electrons. The van der Waals surface area contributed by atoms with Gasteiger partial charge in [0.1, 0.15) is 29.3 Å². The van der Waals surface area contributed by atoms with Crippen LogP contribution in [0, 0.1) is 0 Å². The van der Waals surface area contributed by atoms with Gasteiger partial charge in [0.2, 0.25) is 5.89 Å². The Morgan fingerprint density at radius 1 is 1.14 bits per heavy atom. The lowest BCUT2D eigenvalue weighted by molar-refractivity contribution is 0.0468. The van der Waals surface area contributed by atoms with E-state index in [1.165, 1.54) is 23.8 Å². The molecule has 8 nitrogen and oxygen atoms in total. The molecule has 0 bridgehead atoms. The summed E-state index contributed by atoms with van der Waals surface area (Å²) in [6.07, 6.45) is 8.29. The summed E-state index contributed by atoms with van der Waals surface area (Å²) in [6, 6.07) is 10.7. The molecule has 3 aromatic heterocycles. The second kappa shape index (κ2) is 10.1. The number of anilines is 1. The molecule has 0 radical (unpaired) electrons. The van der Waals surface area contributed by atoms with E-state index in [0.717, 1.165) is 47.4 Å². The van der Waals surface area contributed by atoms with Crippen molar-refractivity contribution < 1.29 is 23.5 Å². The van der Waals surface area contributed by atoms with Crippen LogP contribution in [0.4, 0.5) is 5.00 Å². The van der Waals surface area contributed by atoms with E-state index < -0.39 is 5.97 Å². The fourth-order valence-corrected chi connectivity index (χ4v) is 5.27. The van der Waals surface area contributed by atoms with E-state index in [2.05, 4.69) is 15.3 Å². The number of hydrogen-bond acceptors (Lipinski definition) is 8. The average Bonchev–Trinajstić information content (AvgIpc) is 3.52. The Morgan fingerprint density at radius 3 is 2.74 bits per heavy atom. The summed E-state index contributed by atoms with van der Waals surface area (Å²) in [5.74, 6) is 0.363. The zero-order valence-electron chi connectivity index (χ0n) is 19.1. The Kier molecular flexibility index (Phi) is 6.58. The minimum absolute atomic E-state index is 0.0426. The maximum atomic E-state index is 13.2. The van der Waals surface area contributed by atoms with E-state index in [-0.39, 0.29) is 12.5 Å². The quantitative estimate of drug-likeness (QED) is 0.352. The Labute approximate surface area is 205 Å². The minimum Gasteiger partial charge on any atom is -0.497 e. The number of aromatic nitrogens is 2. The lowest BCUT2D eigenvalue weighted by atomic mass is 9.95. The molecule has 1 aliphatic carbocycles. The summed E-state index contributed by atoms with van der Waals surface area (Å²) in [7, 11) is 1.60. The number of thiophene rings is 1. The summed E-state index contributed by atoms with van der Waals surface area (Å²) in [5, 5.41) is 3.40. The standard InChI is InChI=1S/C26H23N3O5S/c1-32-19-10-8-16(9-11-19)24-28-18(14-33-24)15-34-26(31)22-20-6-2-3-7-21(20)35-25(22)29-23(30)17-5-4-12-27-13-17/h4-5,8-14H,2-3,6-7,15H2,1H3,(H,29,30). The fourth-order valence-electron chi connectivity index (χ4n) is 3.99. The van der Waals surface area contributed by atoms with Crippen molar-refractivity contribution in [2.45, 2.75) is 32.3 Å². The Morgan fingerprint density at radius 2 is 1.97 bits per heavy atom. The number of carbonyl (C=O) groups excluding carboxylic acids is 2. The van der Waals surface area contributed by atoms with Crippen LogP contribution in [-0.4, -0.2) is 29.0 Å². The van der Waals surface area contributed by atoms with Crippen LogP contribution in [0.1, 0.15) is 49.7 Å². The maximum Gasteiger partial charge on any atom is 0.341 e. The summed E-state index contributed by atoms with van der Waals surface area (Å²) in [6.45, 7) is -0.0426. The number of ether oxygens (including phenoxy) is 2. The van der Waals surface area contributed by atoms with Gasteiger partial charge in [0.05, 0.1) is 18.2 Å². The van der Waals surface area contributed by atoms with Crippen LogP contribution in [0.25, 0.3) is 11.5 Å². The van der Waals surface area contributed by atoms with Gasteiger partial charge in [0.25, 0.3) is 5.91 Å². The van der Waals surface area contributed by atoms with E-state index in [0.29, 0.717) is 27.7 Å². The number of methoxy groups -OCH3 is 1. The number of amides is 1. The number of oxazole rings is 1. The number of esters is 1. The molecule has 5 rings (SSSR count). The molecule has 9 heteroatoms. The third-order valence-corrected chi connectivity index (χ3v) is 6.97. The molecule has 3 heterocycles. The topological polar surface area (TPSA) is 104 Å². The summed E-state index contributed by atoms with van der Waals surface area (Å²) >= 11 is 1.44. The van der Waals surface area contributed by atoms with Crippen LogP contribution in [-0.2, 0) is 24.2 Å². The molecule has 0 atom stereocenters. The number of nitrogens with one attached hydrogen (secondary N) is 1. The van der Waals surface area contributed by atoms with Gasteiger partial charge in [-0.25, -0.2) is 9.78 Å². The Balaban J connectivity index is 1.32. The molecule has 4 aromatic rings. The van der Waals surface area contributed by atoms with Crippen LogP contribution < -0.4 is 10.1 Å². The number of rotatable bonds is 7. The first-order chi connectivity index (χ1) is 17.1. The molecule has 1 aliphatic rings. The largest absolute Gasteiger partial charge is 0.497 e. The molecule has 0 spiro atoms. The second-order valence-electron chi connectivity index (χ2n) is 8.06. The van der Waals surface area contributed by atoms with Gasteiger partial charge in [0.15, 0.2) is 0 Å². The average molecular weight is 490 g/mol. The lowest BCUT2D eigenvalue weighted by Crippen LogP contribution is -2.16. The predicted octanol–water partition coefficient (Wildman–Crippen LogP) is 5.29. The summed E-state index contributed by atoms with van der Waals surface area (Å²) < 4.78 is 16.3. The van der Waals surface area contributed by atoms with Gasteiger partial charge in [-0.05, 0) is 67.6 Å². The van der Waals surface area contributed by atoms with Crippen molar-refractivity contribution >= 4 is 28.2 Å². The van der Waals surface area contributed by atoms with Gasteiger partial charge in [-0.15, -0.1) is 11.3 Å². The molecule has 35 heavy (non-hydrogen) atoms. The van der Waals surface area contributed by atoms with E-state index in [9.17, 15) is 9.59 Å². The normalized spacial score (nSPS) is 12.6. The van der Waals surface area contributed by atoms with Gasteiger partial charge in [-0.3, -0.25) is 9.78 Å². The molecule has 1 N–H and O–H groups in total. The highest BCUT2D eigenvalue weighted by molar-refractivity contribution is 7.17. The SMILES string of the molecule is COc1ccc(-c2nc(COC(=O)c3c(NC(=O)c4cccnc4)sc4c3CCCC4)co2)cc1. The van der Waals surface area contributed by atoms with Gasteiger partial charge in [-0.1, -0.05) is 0 Å². The van der Waals surface area contributed by atoms with Crippen LogP contribution in [0.15, 0.2) is 59.5 Å². The van der Waals surface area contributed by atoms with E-state index >= 15 is 0 Å². The smallest absolute Gasteiger partial charge is 0.341 e. The van der Waals surface area contributed by atoms with Crippen molar-refractivity contribution in [1.29, 1.82) is 0 Å². The first kappa shape index (κ1) is 22.8. The molecule has 0 aliphatic heterocycles. The van der Waals surface area contributed by atoms with Crippen molar-refractivity contribution in [3.63, 3.8) is 0 Å². The number of carbonyl (C=O) groups is 2. The molecule has 0 fully saturated rings. The molecule has 0 unspecified atom stereocenters. The van der Waals surface area contributed by atoms with Crippen LogP contribution in [0.3, 0.4) is 0 Å². The second-order valence-corrected chi connectivity index (χ2v) is 9.16. The zero-order chi connectivity index (χ0) is 24.2. The third-order valence-electron chi connectivity index (χ3n) is 5.77. The highest BCUT2D eigenvalue weighted by Crippen LogP contribution is 2.39. The fraction of sp³-hybridized carbons (Fsp3) is 0.231. The van der Waals surface area contributed by atoms with Gasteiger partial charge in [0, 0.05) is 22.8 Å². The van der Waals surface area contributed by atoms with Gasteiger partial charge < -0.3 is 19.2 Å². The first-order valence-corrected chi connectivity index (χ1v) is 12.1. The molecule has 1 amide bonds. The highest BCUT2D eigenvalue weighted by atomic mass is 32.1. The Hall–Kier alpha value is -3.98. The highest BCUT2D eigenvalue weighted by Gasteiger charge is 2.28. The monoisotopic (exact) mass is 489 g/mol. The molecule has 0 saturated heterocycles. The molecular weight excluding hydrogens is 466 g/mol. The van der Waals surface area contributed by atoms with Crippen molar-refractivity contribution in [3.8, 4) is 17.2 Å². The van der Waals surface area contributed by atoms with E-state index in [4.69, 9.17) is 13.9 Å². The van der Waals surface area contributed by atoms with Crippen LogP contribution >= 0.6 is 11.3 Å². The number of hydrogen-bond donors (Lipinski definition) is 1. The number of nitrogens with zero attached hydrogens (tertiary/aromatic N) is 2.